The largest absolute Gasteiger partial charge is 0.619 e. The number of carboxylic acids is 1. The van der Waals surface area contributed by atoms with Crippen LogP contribution in [0.5, 0.6) is 5.75 Å². The number of nitrogens with one attached hydrogen (secondary N) is 2. The van der Waals surface area contributed by atoms with Crippen LogP contribution in [0.3, 0.4) is 0 Å². The summed E-state index contributed by atoms with van der Waals surface area (Å²) < 4.78 is 6.65. The van der Waals surface area contributed by atoms with Crippen LogP contribution in [0.15, 0.2) is 64.4 Å². The summed E-state index contributed by atoms with van der Waals surface area (Å²) in [6.07, 6.45) is 6.80. The van der Waals surface area contributed by atoms with Crippen molar-refractivity contribution in [3.63, 3.8) is 0 Å². The zero-order valence-electron chi connectivity index (χ0n) is 19.6. The third-order valence-corrected chi connectivity index (χ3v) is 5.61. The number of likely N-dealkylation sites (tertiary alicyclic amines) is 1. The number of ether oxygens (including phenoxy) is 1. The summed E-state index contributed by atoms with van der Waals surface area (Å²) in [7, 11) is 0. The van der Waals surface area contributed by atoms with E-state index in [4.69, 9.17) is 9.84 Å². The summed E-state index contributed by atoms with van der Waals surface area (Å²) in [5.41, 5.74) is 0.151. The molecule has 1 aliphatic rings. The van der Waals surface area contributed by atoms with Gasteiger partial charge in [0.1, 0.15) is 11.4 Å². The van der Waals surface area contributed by atoms with Gasteiger partial charge in [0.15, 0.2) is 12.4 Å². The normalized spacial score (nSPS) is 15.6. The molecule has 1 atom stereocenters. The van der Waals surface area contributed by atoms with Gasteiger partial charge in [0.05, 0.1) is 6.61 Å². The first kappa shape index (κ1) is 25.7. The molecule has 4 rings (SSSR count). The molecule has 3 N–H and O–H groups in total. The van der Waals surface area contributed by atoms with Gasteiger partial charge in [-0.25, -0.2) is 9.59 Å². The van der Waals surface area contributed by atoms with Crippen molar-refractivity contribution in [2.45, 2.75) is 26.2 Å². The molecular formula is C25H30N4O6. The van der Waals surface area contributed by atoms with Crippen LogP contribution in [0.2, 0.25) is 0 Å². The lowest BCUT2D eigenvalue weighted by atomic mass is 10.0. The predicted octanol–water partition coefficient (Wildman–Crippen LogP) is 2.25. The minimum atomic E-state index is -1.34. The van der Waals surface area contributed by atoms with Gasteiger partial charge in [0.25, 0.3) is 5.56 Å². The number of aromatic amines is 2. The fourth-order valence-corrected chi connectivity index (χ4v) is 3.90. The van der Waals surface area contributed by atoms with Gasteiger partial charge in [-0.3, -0.25) is 9.78 Å². The van der Waals surface area contributed by atoms with Gasteiger partial charge in [-0.1, -0.05) is 19.1 Å². The second-order valence-electron chi connectivity index (χ2n) is 8.53. The maximum Gasteiger partial charge on any atom is 0.352 e. The molecule has 2 aromatic heterocycles. The molecule has 186 valence electrons. The maximum atomic E-state index is 11.1. The Morgan fingerprint density at radius 1 is 1.14 bits per heavy atom. The highest BCUT2D eigenvalue weighted by Gasteiger charge is 2.15. The smallest absolute Gasteiger partial charge is 0.352 e. The predicted molar refractivity (Wildman–Crippen MR) is 130 cm³/mol. The van der Waals surface area contributed by atoms with Crippen molar-refractivity contribution in [3.8, 4) is 16.9 Å². The summed E-state index contributed by atoms with van der Waals surface area (Å²) in [5, 5.41) is 19.4. The third kappa shape index (κ3) is 8.42. The summed E-state index contributed by atoms with van der Waals surface area (Å²) in [4.78, 5) is 37.4. The Morgan fingerprint density at radius 2 is 1.83 bits per heavy atom. The topological polar surface area (TPSA) is 142 Å². The number of aromatic carboxylic acids is 1. The van der Waals surface area contributed by atoms with Crippen molar-refractivity contribution in [1.29, 1.82) is 0 Å². The number of rotatable bonds is 7. The van der Waals surface area contributed by atoms with Gasteiger partial charge in [0, 0.05) is 31.3 Å². The number of carboxylic acid groups (broad SMARTS) is 1. The summed E-state index contributed by atoms with van der Waals surface area (Å²) >= 11 is 0. The van der Waals surface area contributed by atoms with E-state index in [2.05, 4.69) is 11.8 Å². The zero-order valence-corrected chi connectivity index (χ0v) is 19.6. The van der Waals surface area contributed by atoms with Crippen molar-refractivity contribution in [2.75, 3.05) is 26.2 Å². The number of aromatic nitrogens is 3. The van der Waals surface area contributed by atoms with E-state index in [0.717, 1.165) is 53.2 Å². The van der Waals surface area contributed by atoms with Crippen LogP contribution in [-0.2, 0) is 0 Å². The molecule has 1 aromatic carbocycles. The van der Waals surface area contributed by atoms with Crippen molar-refractivity contribution >= 4 is 5.97 Å². The molecule has 10 nitrogen and oxygen atoms in total. The quantitative estimate of drug-likeness (QED) is 0.266. The average molecular weight is 483 g/mol. The van der Waals surface area contributed by atoms with Crippen LogP contribution in [0.1, 0.15) is 36.7 Å². The highest BCUT2D eigenvalue weighted by atomic mass is 16.5. The lowest BCUT2D eigenvalue weighted by molar-refractivity contribution is -0.605. The van der Waals surface area contributed by atoms with Crippen molar-refractivity contribution in [3.05, 3.63) is 86.6 Å². The molecule has 3 aromatic rings. The average Bonchev–Trinajstić information content (AvgIpc) is 2.83. The molecule has 0 saturated carbocycles. The summed E-state index contributed by atoms with van der Waals surface area (Å²) in [6, 6.07) is 12.5. The van der Waals surface area contributed by atoms with Crippen LogP contribution >= 0.6 is 0 Å². The molecule has 1 saturated heterocycles. The minimum Gasteiger partial charge on any atom is -0.619 e. The van der Waals surface area contributed by atoms with Gasteiger partial charge >= 0.3 is 11.7 Å². The minimum absolute atomic E-state index is 0.418. The highest BCUT2D eigenvalue weighted by molar-refractivity contribution is 5.84. The molecule has 10 heteroatoms. The van der Waals surface area contributed by atoms with Crippen LogP contribution in [-0.4, -0.2) is 52.2 Å². The van der Waals surface area contributed by atoms with Crippen LogP contribution < -0.4 is 20.7 Å². The van der Waals surface area contributed by atoms with E-state index < -0.39 is 22.9 Å². The molecule has 35 heavy (non-hydrogen) atoms. The number of carbonyl (C=O) groups is 1. The molecule has 0 aliphatic carbocycles. The van der Waals surface area contributed by atoms with E-state index in [0.29, 0.717) is 0 Å². The molecule has 0 amide bonds. The Hall–Kier alpha value is -3.92. The fourth-order valence-electron chi connectivity index (χ4n) is 3.90. The van der Waals surface area contributed by atoms with Crippen molar-refractivity contribution < 1.29 is 19.4 Å². The molecule has 0 bridgehead atoms. The van der Waals surface area contributed by atoms with E-state index in [-0.39, 0.29) is 0 Å². The SMILES string of the molecule is CC1CCCN(CCCOc2ccc(-c3cc[n+]([O-])cc3)cc2)C1.O=C(O)c1cc(=O)[nH]c(=O)[nH]1. The van der Waals surface area contributed by atoms with E-state index in [9.17, 15) is 19.6 Å². The Balaban J connectivity index is 0.000000261. The number of hydrogen-bond donors (Lipinski definition) is 3. The van der Waals surface area contributed by atoms with Crippen LogP contribution in [0, 0.1) is 11.1 Å². The second-order valence-corrected chi connectivity index (χ2v) is 8.53. The standard InChI is InChI=1S/C20H26N2O2.C5H4N2O4/c1-17-4-2-11-21(16-17)12-3-15-24-20-7-5-18(6-8-20)19-9-13-22(23)14-10-19;8-3-1-2(4(9)10)6-5(11)7-3/h5-10,13-14,17H,2-4,11-12,15-16H2,1H3;1H,(H,9,10)(H2,6,7,8,11). The van der Waals surface area contributed by atoms with Gasteiger partial charge in [0.2, 0.25) is 0 Å². The van der Waals surface area contributed by atoms with Gasteiger partial charge < -0.3 is 24.9 Å². The Labute approximate surface area is 202 Å². The monoisotopic (exact) mass is 482 g/mol. The van der Waals surface area contributed by atoms with Gasteiger partial charge in [-0.2, -0.15) is 4.73 Å². The van der Waals surface area contributed by atoms with E-state index in [1.165, 1.54) is 38.3 Å². The molecule has 1 unspecified atom stereocenters. The Morgan fingerprint density at radius 3 is 2.46 bits per heavy atom. The lowest BCUT2D eigenvalue weighted by Gasteiger charge is -2.30. The summed E-state index contributed by atoms with van der Waals surface area (Å²) in [5.74, 6) is 0.398. The third-order valence-electron chi connectivity index (χ3n) is 5.61. The highest BCUT2D eigenvalue weighted by Crippen LogP contribution is 2.21. The van der Waals surface area contributed by atoms with E-state index in [1.807, 2.05) is 46.4 Å². The van der Waals surface area contributed by atoms with Crippen molar-refractivity contribution in [1.82, 2.24) is 14.9 Å². The first-order valence-electron chi connectivity index (χ1n) is 11.5. The first-order chi connectivity index (χ1) is 16.8. The van der Waals surface area contributed by atoms with E-state index in [1.54, 1.807) is 0 Å². The molecular weight excluding hydrogens is 452 g/mol. The second kappa shape index (κ2) is 12.5. The number of benzene rings is 1. The molecule has 3 heterocycles. The number of pyridine rings is 1. The number of hydrogen-bond acceptors (Lipinski definition) is 6. The fraction of sp³-hybridized carbons (Fsp3) is 0.360. The number of H-pyrrole nitrogens is 2. The lowest BCUT2D eigenvalue weighted by Crippen LogP contribution is -2.35. The first-order valence-corrected chi connectivity index (χ1v) is 11.5. The molecule has 1 aliphatic heterocycles. The van der Waals surface area contributed by atoms with Crippen LogP contribution in [0.4, 0.5) is 0 Å². The summed E-state index contributed by atoms with van der Waals surface area (Å²) in [6.45, 7) is 6.69. The Bertz CT molecular complexity index is 1180. The van der Waals surface area contributed by atoms with Gasteiger partial charge in [-0.15, -0.1) is 0 Å². The van der Waals surface area contributed by atoms with Gasteiger partial charge in [-0.05, 0) is 55.0 Å². The molecule has 1 fully saturated rings. The maximum absolute atomic E-state index is 11.1. The van der Waals surface area contributed by atoms with E-state index >= 15 is 0 Å². The molecule has 0 spiro atoms. The zero-order chi connectivity index (χ0) is 25.2. The van der Waals surface area contributed by atoms with Crippen LogP contribution in [0.25, 0.3) is 11.1 Å². The number of piperidine rings is 1. The van der Waals surface area contributed by atoms with Crippen molar-refractivity contribution in [2.24, 2.45) is 5.92 Å². The Kier molecular flexibility index (Phi) is 9.19. The number of nitrogens with zero attached hydrogens (tertiary/aromatic N) is 2. The molecule has 0 radical (unpaired) electrons.